The average molecular weight is 274 g/mol. The van der Waals surface area contributed by atoms with E-state index >= 15 is 0 Å². The zero-order valence-electron chi connectivity index (χ0n) is 9.99. The van der Waals surface area contributed by atoms with Gasteiger partial charge in [-0.25, -0.2) is 8.78 Å². The van der Waals surface area contributed by atoms with E-state index < -0.39 is 11.6 Å². The molecule has 1 aliphatic heterocycles. The van der Waals surface area contributed by atoms with E-state index in [0.29, 0.717) is 31.3 Å². The van der Waals surface area contributed by atoms with E-state index in [-0.39, 0.29) is 5.41 Å². The fourth-order valence-electron chi connectivity index (χ4n) is 1.96. The van der Waals surface area contributed by atoms with Crippen molar-refractivity contribution in [1.29, 1.82) is 0 Å². The minimum atomic E-state index is -0.889. The maximum Gasteiger partial charge on any atom is 0.162 e. The minimum absolute atomic E-state index is 0.0355. The van der Waals surface area contributed by atoms with Crippen molar-refractivity contribution in [3.05, 3.63) is 29.8 Å². The lowest BCUT2D eigenvalue weighted by molar-refractivity contribution is 0.00304. The first kappa shape index (κ1) is 13.6. The van der Waals surface area contributed by atoms with E-state index in [1.807, 2.05) is 0 Å². The van der Waals surface area contributed by atoms with Gasteiger partial charge in [0.05, 0.1) is 6.61 Å². The fourth-order valence-corrected chi connectivity index (χ4v) is 2.36. The molecular weight excluding hydrogens is 258 g/mol. The Morgan fingerprint density at radius 1 is 1.22 bits per heavy atom. The first-order valence-electron chi connectivity index (χ1n) is 5.92. The number of rotatable bonds is 4. The van der Waals surface area contributed by atoms with Gasteiger partial charge in [-0.3, -0.25) is 0 Å². The van der Waals surface area contributed by atoms with Gasteiger partial charge < -0.3 is 9.47 Å². The lowest BCUT2D eigenvalue weighted by atomic mass is 9.83. The van der Waals surface area contributed by atoms with Gasteiger partial charge in [-0.15, -0.1) is 0 Å². The molecule has 1 aromatic carbocycles. The highest BCUT2D eigenvalue weighted by Gasteiger charge is 2.32. The molecule has 0 saturated carbocycles. The monoisotopic (exact) mass is 274 g/mol. The molecule has 2 nitrogen and oxygen atoms in total. The third-order valence-corrected chi connectivity index (χ3v) is 4.00. The van der Waals surface area contributed by atoms with Crippen molar-refractivity contribution in [2.45, 2.75) is 12.8 Å². The van der Waals surface area contributed by atoms with E-state index in [0.717, 1.165) is 25.0 Å². The topological polar surface area (TPSA) is 18.5 Å². The molecule has 18 heavy (non-hydrogen) atoms. The van der Waals surface area contributed by atoms with Crippen LogP contribution in [0.25, 0.3) is 0 Å². The van der Waals surface area contributed by atoms with Gasteiger partial charge in [0.25, 0.3) is 0 Å². The molecule has 0 atom stereocenters. The van der Waals surface area contributed by atoms with Crippen molar-refractivity contribution >= 4 is 12.6 Å². The quantitative estimate of drug-likeness (QED) is 0.851. The molecule has 100 valence electrons. The maximum absolute atomic E-state index is 13.0. The van der Waals surface area contributed by atoms with E-state index in [1.165, 1.54) is 6.07 Å². The Morgan fingerprint density at radius 3 is 2.56 bits per heavy atom. The second kappa shape index (κ2) is 5.89. The standard InChI is InChI=1S/C13H16F2O2S/c14-11-2-1-10(7-12(11)15)17-8-13(9-18)3-5-16-6-4-13/h1-2,7,18H,3-6,8-9H2. The summed E-state index contributed by atoms with van der Waals surface area (Å²) in [5.74, 6) is -0.710. The minimum Gasteiger partial charge on any atom is -0.493 e. The predicted octanol–water partition coefficient (Wildman–Crippen LogP) is 3.07. The van der Waals surface area contributed by atoms with Crippen LogP contribution in [-0.4, -0.2) is 25.6 Å². The smallest absolute Gasteiger partial charge is 0.162 e. The molecule has 1 heterocycles. The molecule has 0 spiro atoms. The van der Waals surface area contributed by atoms with Crippen LogP contribution in [0.4, 0.5) is 8.78 Å². The average Bonchev–Trinajstić information content (AvgIpc) is 2.41. The largest absolute Gasteiger partial charge is 0.493 e. The molecule has 0 N–H and O–H groups in total. The van der Waals surface area contributed by atoms with Crippen LogP contribution in [0, 0.1) is 17.0 Å². The van der Waals surface area contributed by atoms with Crippen molar-refractivity contribution in [2.24, 2.45) is 5.41 Å². The van der Waals surface area contributed by atoms with E-state index in [2.05, 4.69) is 12.6 Å². The summed E-state index contributed by atoms with van der Waals surface area (Å²) < 4.78 is 36.7. The first-order valence-corrected chi connectivity index (χ1v) is 6.55. The van der Waals surface area contributed by atoms with Crippen molar-refractivity contribution < 1.29 is 18.3 Å². The fraction of sp³-hybridized carbons (Fsp3) is 0.538. The molecule has 0 bridgehead atoms. The highest BCUT2D eigenvalue weighted by Crippen LogP contribution is 2.32. The van der Waals surface area contributed by atoms with Gasteiger partial charge in [-0.1, -0.05) is 0 Å². The maximum atomic E-state index is 13.0. The third kappa shape index (κ3) is 3.14. The SMILES string of the molecule is Fc1ccc(OCC2(CS)CCOCC2)cc1F. The molecule has 1 saturated heterocycles. The second-order valence-electron chi connectivity index (χ2n) is 4.64. The number of thiol groups is 1. The van der Waals surface area contributed by atoms with E-state index in [1.54, 1.807) is 0 Å². The lowest BCUT2D eigenvalue weighted by Crippen LogP contribution is -2.36. The van der Waals surface area contributed by atoms with Gasteiger partial charge in [0.15, 0.2) is 11.6 Å². The van der Waals surface area contributed by atoms with Crippen LogP contribution in [0.2, 0.25) is 0 Å². The third-order valence-electron chi connectivity index (χ3n) is 3.32. The number of hydrogen-bond acceptors (Lipinski definition) is 3. The molecule has 0 radical (unpaired) electrons. The van der Waals surface area contributed by atoms with Gasteiger partial charge in [-0.05, 0) is 30.7 Å². The molecule has 0 aromatic heterocycles. The van der Waals surface area contributed by atoms with E-state index in [4.69, 9.17) is 9.47 Å². The summed E-state index contributed by atoms with van der Waals surface area (Å²) in [5, 5.41) is 0. The predicted molar refractivity (Wildman–Crippen MR) is 68.2 cm³/mol. The number of hydrogen-bond donors (Lipinski definition) is 1. The molecular formula is C13H16F2O2S. The zero-order chi connectivity index (χ0) is 13.0. The van der Waals surface area contributed by atoms with Crippen molar-refractivity contribution in [3.8, 4) is 5.75 Å². The molecule has 0 unspecified atom stereocenters. The second-order valence-corrected chi connectivity index (χ2v) is 4.95. The van der Waals surface area contributed by atoms with Crippen LogP contribution in [-0.2, 0) is 4.74 Å². The van der Waals surface area contributed by atoms with Gasteiger partial charge in [0.2, 0.25) is 0 Å². The van der Waals surface area contributed by atoms with Crippen LogP contribution in [0.15, 0.2) is 18.2 Å². The Balaban J connectivity index is 1.98. The Bertz CT molecular complexity index is 406. The van der Waals surface area contributed by atoms with Crippen molar-refractivity contribution in [1.82, 2.24) is 0 Å². The molecule has 2 rings (SSSR count). The highest BCUT2D eigenvalue weighted by molar-refractivity contribution is 7.80. The van der Waals surface area contributed by atoms with Crippen molar-refractivity contribution in [2.75, 3.05) is 25.6 Å². The number of ether oxygens (including phenoxy) is 2. The molecule has 1 aliphatic rings. The first-order chi connectivity index (χ1) is 8.65. The van der Waals surface area contributed by atoms with Crippen LogP contribution in [0.5, 0.6) is 5.75 Å². The Hall–Kier alpha value is -0.810. The summed E-state index contributed by atoms with van der Waals surface area (Å²) in [7, 11) is 0. The van der Waals surface area contributed by atoms with Crippen LogP contribution >= 0.6 is 12.6 Å². The molecule has 1 aromatic rings. The number of benzene rings is 1. The summed E-state index contributed by atoms with van der Waals surface area (Å²) in [6, 6.07) is 3.58. The Kier molecular flexibility index (Phi) is 4.45. The summed E-state index contributed by atoms with van der Waals surface area (Å²) in [6.07, 6.45) is 1.75. The van der Waals surface area contributed by atoms with Gasteiger partial charge in [0, 0.05) is 24.7 Å². The van der Waals surface area contributed by atoms with Gasteiger partial charge in [0.1, 0.15) is 5.75 Å². The van der Waals surface area contributed by atoms with Gasteiger partial charge >= 0.3 is 0 Å². The van der Waals surface area contributed by atoms with Crippen molar-refractivity contribution in [3.63, 3.8) is 0 Å². The number of halogens is 2. The summed E-state index contributed by atoms with van der Waals surface area (Å²) in [6.45, 7) is 1.84. The highest BCUT2D eigenvalue weighted by atomic mass is 32.1. The normalized spacial score (nSPS) is 18.6. The summed E-state index contributed by atoms with van der Waals surface area (Å²) in [4.78, 5) is 0. The molecule has 1 fully saturated rings. The van der Waals surface area contributed by atoms with Gasteiger partial charge in [-0.2, -0.15) is 12.6 Å². The van der Waals surface area contributed by atoms with Crippen LogP contribution in [0.3, 0.4) is 0 Å². The zero-order valence-corrected chi connectivity index (χ0v) is 10.9. The van der Waals surface area contributed by atoms with Crippen LogP contribution in [0.1, 0.15) is 12.8 Å². The Labute approximate surface area is 111 Å². The lowest BCUT2D eigenvalue weighted by Gasteiger charge is -2.35. The summed E-state index contributed by atoms with van der Waals surface area (Å²) >= 11 is 4.36. The molecule has 0 aliphatic carbocycles. The van der Waals surface area contributed by atoms with E-state index in [9.17, 15) is 8.78 Å². The molecule has 5 heteroatoms. The summed E-state index contributed by atoms with van der Waals surface area (Å²) in [5.41, 5.74) is -0.0355. The van der Waals surface area contributed by atoms with Crippen LogP contribution < -0.4 is 4.74 Å². The molecule has 0 amide bonds. The Morgan fingerprint density at radius 2 is 1.94 bits per heavy atom.